The average Bonchev–Trinajstić information content (AvgIpc) is 3.03. The summed E-state index contributed by atoms with van der Waals surface area (Å²) in [4.78, 5) is 17.3. The molecule has 0 radical (unpaired) electrons. The second kappa shape index (κ2) is 11.1. The van der Waals surface area contributed by atoms with Crippen molar-refractivity contribution in [2.24, 2.45) is 0 Å². The molecule has 1 amide bonds. The average molecular weight is 454 g/mol. The van der Waals surface area contributed by atoms with Gasteiger partial charge in [0, 0.05) is 38.4 Å². The van der Waals surface area contributed by atoms with E-state index in [4.69, 9.17) is 0 Å². The van der Waals surface area contributed by atoms with Gasteiger partial charge in [0.25, 0.3) is 0 Å². The third kappa shape index (κ3) is 5.73. The van der Waals surface area contributed by atoms with E-state index in [0.717, 1.165) is 63.4 Å². The van der Waals surface area contributed by atoms with E-state index >= 15 is 0 Å². The first-order chi connectivity index (χ1) is 13.6. The van der Waals surface area contributed by atoms with Crippen LogP contribution in [0.5, 0.6) is 0 Å². The second-order valence-electron chi connectivity index (χ2n) is 7.85. The van der Waals surface area contributed by atoms with Gasteiger partial charge in [0.1, 0.15) is 5.82 Å². The van der Waals surface area contributed by atoms with Crippen LogP contribution in [0.1, 0.15) is 36.0 Å². The second-order valence-corrected chi connectivity index (χ2v) is 7.85. The highest BCUT2D eigenvalue weighted by Crippen LogP contribution is 2.35. The molecule has 4 nitrogen and oxygen atoms in total. The van der Waals surface area contributed by atoms with Gasteiger partial charge in [-0.1, -0.05) is 31.2 Å². The summed E-state index contributed by atoms with van der Waals surface area (Å²) in [7, 11) is 0. The van der Waals surface area contributed by atoms with Crippen LogP contribution in [0.15, 0.2) is 42.5 Å². The van der Waals surface area contributed by atoms with Crippen molar-refractivity contribution in [3.63, 3.8) is 0 Å². The molecule has 2 aromatic rings. The Morgan fingerprint density at radius 1 is 0.967 bits per heavy atom. The summed E-state index contributed by atoms with van der Waals surface area (Å²) in [5.41, 5.74) is 4.59. The summed E-state index contributed by atoms with van der Waals surface area (Å²) in [6, 6.07) is 13.1. The molecule has 2 aliphatic heterocycles. The van der Waals surface area contributed by atoms with Gasteiger partial charge in [-0.2, -0.15) is 0 Å². The topological polar surface area (TPSA) is 35.6 Å². The number of anilines is 1. The fourth-order valence-corrected chi connectivity index (χ4v) is 4.21. The summed E-state index contributed by atoms with van der Waals surface area (Å²) < 4.78 is 13.0. The Morgan fingerprint density at radius 2 is 1.60 bits per heavy atom. The van der Waals surface area contributed by atoms with Crippen LogP contribution >= 0.6 is 24.8 Å². The molecule has 164 valence electrons. The summed E-state index contributed by atoms with van der Waals surface area (Å²) >= 11 is 0. The summed E-state index contributed by atoms with van der Waals surface area (Å²) in [6.07, 6.45) is 1.86. The molecule has 1 N–H and O–H groups in total. The van der Waals surface area contributed by atoms with E-state index in [1.165, 1.54) is 23.3 Å². The molecule has 2 aliphatic rings. The highest BCUT2D eigenvalue weighted by atomic mass is 35.5. The number of amides is 1. The number of carbonyl (C=O) groups excluding carboxylic acids is 1. The smallest absolute Gasteiger partial charge is 0.232 e. The van der Waals surface area contributed by atoms with Crippen molar-refractivity contribution >= 4 is 36.4 Å². The van der Waals surface area contributed by atoms with Crippen molar-refractivity contribution in [3.8, 4) is 0 Å². The number of nitrogens with zero attached hydrogens (tertiary/aromatic N) is 2. The van der Waals surface area contributed by atoms with Gasteiger partial charge >= 0.3 is 0 Å². The normalized spacial score (nSPS) is 18.9. The van der Waals surface area contributed by atoms with Gasteiger partial charge in [0.2, 0.25) is 5.91 Å². The third-order valence-electron chi connectivity index (χ3n) is 5.99. The van der Waals surface area contributed by atoms with E-state index in [1.54, 1.807) is 0 Å². The Morgan fingerprint density at radius 3 is 2.27 bits per heavy atom. The molecule has 0 aliphatic carbocycles. The lowest BCUT2D eigenvalue weighted by atomic mass is 9.95. The minimum atomic E-state index is -0.183. The number of benzene rings is 2. The third-order valence-corrected chi connectivity index (χ3v) is 5.99. The van der Waals surface area contributed by atoms with Crippen molar-refractivity contribution in [1.29, 1.82) is 0 Å². The minimum absolute atomic E-state index is 0. The van der Waals surface area contributed by atoms with Crippen LogP contribution in [0.4, 0.5) is 10.1 Å². The van der Waals surface area contributed by atoms with E-state index in [1.807, 2.05) is 18.2 Å². The van der Waals surface area contributed by atoms with Gasteiger partial charge in [-0.3, -0.25) is 9.69 Å². The van der Waals surface area contributed by atoms with Crippen LogP contribution in [-0.4, -0.2) is 48.4 Å². The van der Waals surface area contributed by atoms with Gasteiger partial charge in [-0.25, -0.2) is 4.39 Å². The summed E-state index contributed by atoms with van der Waals surface area (Å²) in [5.74, 6) is -0.0749. The number of hydrogen-bond acceptors (Lipinski definition) is 3. The largest absolute Gasteiger partial charge is 0.325 e. The SMILES string of the molecule is CCc1ccc2c(c1)C(CCN1CCN(Cc3ccc(F)cc3)CC1)C(=O)N2.Cl.Cl. The van der Waals surface area contributed by atoms with E-state index < -0.39 is 0 Å². The molecular weight excluding hydrogens is 424 g/mol. The zero-order valence-corrected chi connectivity index (χ0v) is 18.9. The van der Waals surface area contributed by atoms with Gasteiger partial charge in [0.15, 0.2) is 0 Å². The molecular formula is C23H30Cl2FN3O. The van der Waals surface area contributed by atoms with Crippen molar-refractivity contribution in [3.05, 3.63) is 65.0 Å². The predicted molar refractivity (Wildman–Crippen MR) is 124 cm³/mol. The van der Waals surface area contributed by atoms with Crippen molar-refractivity contribution < 1.29 is 9.18 Å². The molecule has 1 fully saturated rings. The lowest BCUT2D eigenvalue weighted by Crippen LogP contribution is -2.46. The van der Waals surface area contributed by atoms with Gasteiger partial charge < -0.3 is 10.2 Å². The van der Waals surface area contributed by atoms with Gasteiger partial charge in [-0.05, 0) is 54.3 Å². The first kappa shape index (κ1) is 24.6. The van der Waals surface area contributed by atoms with Crippen LogP contribution in [-0.2, 0) is 17.8 Å². The van der Waals surface area contributed by atoms with E-state index in [2.05, 4.69) is 34.2 Å². The number of aryl methyl sites for hydroxylation is 1. The van der Waals surface area contributed by atoms with Crippen LogP contribution in [0.3, 0.4) is 0 Å². The molecule has 7 heteroatoms. The Labute approximate surface area is 190 Å². The molecule has 1 saturated heterocycles. The lowest BCUT2D eigenvalue weighted by Gasteiger charge is -2.35. The maximum atomic E-state index is 13.0. The molecule has 2 aromatic carbocycles. The molecule has 30 heavy (non-hydrogen) atoms. The molecule has 1 atom stereocenters. The molecule has 0 aromatic heterocycles. The number of rotatable bonds is 6. The first-order valence-corrected chi connectivity index (χ1v) is 10.2. The summed E-state index contributed by atoms with van der Waals surface area (Å²) in [6.45, 7) is 7.99. The molecule has 1 unspecified atom stereocenters. The lowest BCUT2D eigenvalue weighted by molar-refractivity contribution is -0.117. The zero-order valence-electron chi connectivity index (χ0n) is 17.3. The van der Waals surface area contributed by atoms with Crippen LogP contribution in [0.25, 0.3) is 0 Å². The Balaban J connectivity index is 0.00000160. The fraction of sp³-hybridized carbons (Fsp3) is 0.435. The van der Waals surface area contributed by atoms with Crippen molar-refractivity contribution in [2.75, 3.05) is 38.0 Å². The quantitative estimate of drug-likeness (QED) is 0.700. The van der Waals surface area contributed by atoms with E-state index in [0.29, 0.717) is 0 Å². The van der Waals surface area contributed by atoms with Crippen LogP contribution in [0, 0.1) is 5.82 Å². The highest BCUT2D eigenvalue weighted by molar-refractivity contribution is 6.02. The highest BCUT2D eigenvalue weighted by Gasteiger charge is 2.31. The Hall–Kier alpha value is -1.66. The number of nitrogens with one attached hydrogen (secondary N) is 1. The van der Waals surface area contributed by atoms with E-state index in [-0.39, 0.29) is 42.5 Å². The molecule has 0 spiro atoms. The molecule has 4 rings (SSSR count). The minimum Gasteiger partial charge on any atom is -0.325 e. The number of hydrogen-bond donors (Lipinski definition) is 1. The fourth-order valence-electron chi connectivity index (χ4n) is 4.21. The summed E-state index contributed by atoms with van der Waals surface area (Å²) in [5, 5.41) is 3.03. The van der Waals surface area contributed by atoms with Gasteiger partial charge in [0.05, 0.1) is 5.92 Å². The maximum Gasteiger partial charge on any atom is 0.232 e. The van der Waals surface area contributed by atoms with Crippen LogP contribution in [0.2, 0.25) is 0 Å². The van der Waals surface area contributed by atoms with E-state index in [9.17, 15) is 9.18 Å². The number of carbonyl (C=O) groups is 1. The zero-order chi connectivity index (χ0) is 19.5. The molecule has 0 bridgehead atoms. The predicted octanol–water partition coefficient (Wildman–Crippen LogP) is 4.48. The van der Waals surface area contributed by atoms with Crippen molar-refractivity contribution in [1.82, 2.24) is 9.80 Å². The van der Waals surface area contributed by atoms with Gasteiger partial charge in [-0.15, -0.1) is 24.8 Å². The maximum absolute atomic E-state index is 13.0. The number of piperazine rings is 1. The number of halogens is 3. The Bertz CT molecular complexity index is 839. The van der Waals surface area contributed by atoms with Crippen LogP contribution < -0.4 is 5.32 Å². The standard InChI is InChI=1S/C23H28FN3O.2ClH/c1-2-17-5-8-22-21(15-17)20(23(28)25-22)9-10-26-11-13-27(14-12-26)16-18-3-6-19(24)7-4-18;;/h3-8,15,20H,2,9-14,16H2,1H3,(H,25,28);2*1H. The monoisotopic (exact) mass is 453 g/mol. The first-order valence-electron chi connectivity index (χ1n) is 10.2. The Kier molecular flexibility index (Phi) is 9.10. The molecule has 0 saturated carbocycles. The number of fused-ring (bicyclic) bond motifs is 1. The van der Waals surface area contributed by atoms with Crippen molar-refractivity contribution in [2.45, 2.75) is 32.2 Å². The molecule has 2 heterocycles.